The number of phenolic OH excluding ortho intramolecular Hbond substituents is 2. The summed E-state index contributed by atoms with van der Waals surface area (Å²) in [5, 5.41) is 18.8. The summed E-state index contributed by atoms with van der Waals surface area (Å²) in [4.78, 5) is 24.2. The van der Waals surface area contributed by atoms with Crippen LogP contribution in [0.25, 0.3) is 0 Å². The molecule has 0 bridgehead atoms. The third-order valence-corrected chi connectivity index (χ3v) is 7.23. The summed E-state index contributed by atoms with van der Waals surface area (Å²) >= 11 is 6.82. The van der Waals surface area contributed by atoms with Gasteiger partial charge in [0.05, 0.1) is 24.0 Å². The molecule has 2 aliphatic heterocycles. The standard InChI is InChI=1S/2C15H11BrO3/c2*16-10-3-1-2-9(6-10)15-8-13(18)12-7-11(17)4-5-14(12)19-15/h2*1-7,15,17H,8H2. The molecule has 4 aromatic carbocycles. The van der Waals surface area contributed by atoms with Crippen molar-refractivity contribution in [3.63, 3.8) is 0 Å². The van der Waals surface area contributed by atoms with Crippen LogP contribution in [0.5, 0.6) is 23.0 Å². The maximum atomic E-state index is 12.1. The number of hydrogen-bond acceptors (Lipinski definition) is 6. The van der Waals surface area contributed by atoms with Crippen molar-refractivity contribution < 1.29 is 29.3 Å². The minimum absolute atomic E-state index is 0.0119. The van der Waals surface area contributed by atoms with Gasteiger partial charge in [0.15, 0.2) is 11.6 Å². The average Bonchev–Trinajstić information content (AvgIpc) is 2.90. The number of fused-ring (bicyclic) bond motifs is 2. The number of aromatic hydroxyl groups is 2. The van der Waals surface area contributed by atoms with Crippen LogP contribution in [0.1, 0.15) is 56.9 Å². The van der Waals surface area contributed by atoms with Gasteiger partial charge < -0.3 is 19.7 Å². The van der Waals surface area contributed by atoms with Crippen molar-refractivity contribution in [3.05, 3.63) is 116 Å². The van der Waals surface area contributed by atoms with Gasteiger partial charge in [-0.05, 0) is 71.8 Å². The molecule has 0 saturated heterocycles. The molecule has 38 heavy (non-hydrogen) atoms. The normalized spacial score (nSPS) is 17.7. The van der Waals surface area contributed by atoms with Gasteiger partial charge >= 0.3 is 0 Å². The quantitative estimate of drug-likeness (QED) is 0.234. The summed E-state index contributed by atoms with van der Waals surface area (Å²) in [6, 6.07) is 24.7. The second-order valence-electron chi connectivity index (χ2n) is 8.94. The van der Waals surface area contributed by atoms with Crippen LogP contribution in [0.2, 0.25) is 0 Å². The fourth-order valence-corrected chi connectivity index (χ4v) is 5.24. The Labute approximate surface area is 236 Å². The van der Waals surface area contributed by atoms with Crippen LogP contribution >= 0.6 is 31.9 Å². The SMILES string of the molecule is O=C1CC(c2cccc(Br)c2)Oc2ccc(O)cc21.O=C1CC(c2cccc(Br)c2)Oc2ccc(O)cc21. The molecule has 0 fully saturated rings. The number of hydrogen-bond donors (Lipinski definition) is 2. The Morgan fingerprint density at radius 3 is 1.42 bits per heavy atom. The zero-order valence-corrected chi connectivity index (χ0v) is 23.1. The Balaban J connectivity index is 0.000000155. The van der Waals surface area contributed by atoms with Crippen LogP contribution in [0, 0.1) is 0 Å². The number of phenols is 2. The molecule has 192 valence electrons. The van der Waals surface area contributed by atoms with Crippen molar-refractivity contribution in [2.75, 3.05) is 0 Å². The Hall–Kier alpha value is -3.62. The molecule has 6 nitrogen and oxygen atoms in total. The van der Waals surface area contributed by atoms with Gasteiger partial charge in [-0.15, -0.1) is 0 Å². The number of carbonyl (C=O) groups excluding carboxylic acids is 2. The van der Waals surface area contributed by atoms with E-state index in [1.807, 2.05) is 48.5 Å². The van der Waals surface area contributed by atoms with Gasteiger partial charge in [-0.1, -0.05) is 56.1 Å². The highest BCUT2D eigenvalue weighted by Gasteiger charge is 2.29. The predicted molar refractivity (Wildman–Crippen MR) is 149 cm³/mol. The average molecular weight is 638 g/mol. The third kappa shape index (κ3) is 5.76. The predicted octanol–water partition coefficient (Wildman–Crippen LogP) is 7.72. The van der Waals surface area contributed by atoms with E-state index in [2.05, 4.69) is 31.9 Å². The molecular weight excluding hydrogens is 616 g/mol. The third-order valence-electron chi connectivity index (χ3n) is 6.25. The van der Waals surface area contributed by atoms with E-state index in [-0.39, 0.29) is 48.1 Å². The van der Waals surface area contributed by atoms with Crippen LogP contribution < -0.4 is 9.47 Å². The molecule has 2 heterocycles. The molecule has 2 aliphatic rings. The minimum atomic E-state index is -0.276. The van der Waals surface area contributed by atoms with Crippen molar-refractivity contribution in [1.82, 2.24) is 0 Å². The van der Waals surface area contributed by atoms with Gasteiger partial charge in [0, 0.05) is 8.95 Å². The maximum absolute atomic E-state index is 12.1. The van der Waals surface area contributed by atoms with E-state index in [0.717, 1.165) is 20.1 Å². The highest BCUT2D eigenvalue weighted by Crippen LogP contribution is 2.38. The zero-order chi connectivity index (χ0) is 26.8. The Bertz CT molecular complexity index is 1420. The summed E-state index contributed by atoms with van der Waals surface area (Å²) in [5.74, 6) is 1.19. The monoisotopic (exact) mass is 636 g/mol. The van der Waals surface area contributed by atoms with Crippen LogP contribution in [0.3, 0.4) is 0 Å². The van der Waals surface area contributed by atoms with Crippen molar-refractivity contribution >= 4 is 43.4 Å². The van der Waals surface area contributed by atoms with Gasteiger partial charge in [0.25, 0.3) is 0 Å². The van der Waals surface area contributed by atoms with Crippen molar-refractivity contribution in [2.24, 2.45) is 0 Å². The van der Waals surface area contributed by atoms with Gasteiger partial charge in [-0.2, -0.15) is 0 Å². The molecule has 4 aromatic rings. The first-order chi connectivity index (χ1) is 18.3. The first kappa shape index (κ1) is 26.0. The molecule has 0 amide bonds. The minimum Gasteiger partial charge on any atom is -0.508 e. The van der Waals surface area contributed by atoms with E-state index < -0.39 is 0 Å². The summed E-state index contributed by atoms with van der Waals surface area (Å²) in [7, 11) is 0. The van der Waals surface area contributed by atoms with E-state index in [0.29, 0.717) is 22.6 Å². The lowest BCUT2D eigenvalue weighted by Gasteiger charge is -2.25. The summed E-state index contributed by atoms with van der Waals surface area (Å²) in [5.41, 5.74) is 2.82. The molecule has 8 heteroatoms. The van der Waals surface area contributed by atoms with Crippen molar-refractivity contribution in [2.45, 2.75) is 25.0 Å². The van der Waals surface area contributed by atoms with Crippen LogP contribution in [-0.2, 0) is 0 Å². The van der Waals surface area contributed by atoms with E-state index >= 15 is 0 Å². The van der Waals surface area contributed by atoms with E-state index in [4.69, 9.17) is 9.47 Å². The summed E-state index contributed by atoms with van der Waals surface area (Å²) < 4.78 is 13.6. The van der Waals surface area contributed by atoms with Gasteiger partial charge in [-0.25, -0.2) is 0 Å². The molecule has 6 rings (SSSR count). The number of carbonyl (C=O) groups is 2. The molecule has 0 saturated carbocycles. The zero-order valence-electron chi connectivity index (χ0n) is 19.9. The summed E-state index contributed by atoms with van der Waals surface area (Å²) in [6.45, 7) is 0. The molecule has 0 aliphatic carbocycles. The molecule has 2 unspecified atom stereocenters. The molecule has 2 N–H and O–H groups in total. The topological polar surface area (TPSA) is 93.1 Å². The molecule has 0 spiro atoms. The second-order valence-corrected chi connectivity index (χ2v) is 10.8. The lowest BCUT2D eigenvalue weighted by molar-refractivity contribution is 0.0840. The van der Waals surface area contributed by atoms with Crippen LogP contribution in [0.15, 0.2) is 93.9 Å². The Kier molecular flexibility index (Phi) is 7.53. The number of ketones is 2. The number of benzene rings is 4. The molecule has 0 radical (unpaired) electrons. The number of rotatable bonds is 2. The number of Topliss-reactive ketones (excluding diaryl/α,β-unsaturated/α-hetero) is 2. The van der Waals surface area contributed by atoms with Gasteiger partial charge in [-0.3, -0.25) is 9.59 Å². The van der Waals surface area contributed by atoms with E-state index in [9.17, 15) is 19.8 Å². The van der Waals surface area contributed by atoms with E-state index in [1.54, 1.807) is 12.1 Å². The van der Waals surface area contributed by atoms with Crippen molar-refractivity contribution in [1.29, 1.82) is 0 Å². The fourth-order valence-electron chi connectivity index (χ4n) is 4.41. The first-order valence-corrected chi connectivity index (χ1v) is 13.4. The first-order valence-electron chi connectivity index (χ1n) is 11.8. The smallest absolute Gasteiger partial charge is 0.170 e. The largest absolute Gasteiger partial charge is 0.508 e. The van der Waals surface area contributed by atoms with E-state index in [1.165, 1.54) is 24.3 Å². The van der Waals surface area contributed by atoms with Crippen LogP contribution in [0.4, 0.5) is 0 Å². The van der Waals surface area contributed by atoms with Crippen LogP contribution in [-0.4, -0.2) is 21.8 Å². The molecule has 2 atom stereocenters. The number of halogens is 2. The fraction of sp³-hybridized carbons (Fsp3) is 0.133. The highest BCUT2D eigenvalue weighted by molar-refractivity contribution is 9.10. The molecule has 0 aromatic heterocycles. The Morgan fingerprint density at radius 2 is 1.03 bits per heavy atom. The lowest BCUT2D eigenvalue weighted by Crippen LogP contribution is -2.20. The van der Waals surface area contributed by atoms with Gasteiger partial charge in [0.2, 0.25) is 0 Å². The Morgan fingerprint density at radius 1 is 0.605 bits per heavy atom. The second kappa shape index (κ2) is 11.0. The molecular formula is C30H22Br2O6. The van der Waals surface area contributed by atoms with Crippen molar-refractivity contribution in [3.8, 4) is 23.0 Å². The number of ether oxygens (including phenoxy) is 2. The lowest BCUT2D eigenvalue weighted by atomic mass is 9.96. The summed E-state index contributed by atoms with van der Waals surface area (Å²) in [6.07, 6.45) is 0.0175. The van der Waals surface area contributed by atoms with Gasteiger partial charge in [0.1, 0.15) is 35.2 Å². The highest BCUT2D eigenvalue weighted by atomic mass is 79.9. The maximum Gasteiger partial charge on any atom is 0.170 e.